The molecule has 0 bridgehead atoms. The smallest absolute Gasteiger partial charge is 0.327 e. The highest BCUT2D eigenvalue weighted by atomic mass is 16.5. The summed E-state index contributed by atoms with van der Waals surface area (Å²) in [5, 5.41) is 0. The molecule has 0 amide bonds. The number of aryl methyl sites for hydroxylation is 1. The normalized spacial score (nSPS) is 15.9. The third kappa shape index (κ3) is 6.90. The van der Waals surface area contributed by atoms with E-state index in [9.17, 15) is 9.59 Å². The molecule has 1 aliphatic heterocycles. The molecule has 206 valence electrons. The molecule has 11 heteroatoms. The van der Waals surface area contributed by atoms with Crippen LogP contribution in [-0.2, 0) is 29.0 Å². The van der Waals surface area contributed by atoms with E-state index in [1.165, 1.54) is 12.7 Å². The van der Waals surface area contributed by atoms with Crippen LogP contribution in [0.15, 0.2) is 29.1 Å². The number of nitrogen functional groups attached to an aromatic ring is 1. The van der Waals surface area contributed by atoms with E-state index >= 15 is 0 Å². The third-order valence-corrected chi connectivity index (χ3v) is 7.05. The Morgan fingerprint density at radius 3 is 2.66 bits per heavy atom. The maximum Gasteiger partial charge on any atom is 0.327 e. The van der Waals surface area contributed by atoms with Crippen molar-refractivity contribution in [2.24, 2.45) is 0 Å². The maximum atomic E-state index is 12.7. The lowest BCUT2D eigenvalue weighted by Crippen LogP contribution is -2.38. The van der Waals surface area contributed by atoms with Gasteiger partial charge in [0.25, 0.3) is 0 Å². The number of imidazole rings is 1. The zero-order valence-electron chi connectivity index (χ0n) is 22.6. The van der Waals surface area contributed by atoms with Gasteiger partial charge >= 0.3 is 17.7 Å². The Labute approximate surface area is 222 Å². The lowest BCUT2D eigenvalue weighted by atomic mass is 10.1. The second kappa shape index (κ2) is 12.9. The van der Waals surface area contributed by atoms with Gasteiger partial charge in [0, 0.05) is 32.2 Å². The average Bonchev–Trinajstić information content (AvgIpc) is 3.47. The number of hydrogen-bond donors (Lipinski definition) is 2. The van der Waals surface area contributed by atoms with Crippen molar-refractivity contribution in [3.05, 3.63) is 45.9 Å². The molecule has 3 N–H and O–H groups in total. The number of esters is 1. The largest absolute Gasteiger partial charge is 0.469 e. The van der Waals surface area contributed by atoms with E-state index in [4.69, 9.17) is 15.2 Å². The number of hydrogen-bond acceptors (Lipinski definition) is 9. The number of benzene rings is 1. The van der Waals surface area contributed by atoms with E-state index in [-0.39, 0.29) is 29.9 Å². The highest BCUT2D eigenvalue weighted by Crippen LogP contribution is 2.20. The number of nitrogens with one attached hydrogen (secondary N) is 1. The molecule has 1 atom stereocenters. The van der Waals surface area contributed by atoms with Crippen LogP contribution in [0, 0.1) is 0 Å². The first-order chi connectivity index (χ1) is 18.4. The summed E-state index contributed by atoms with van der Waals surface area (Å²) in [4.78, 5) is 40.6. The van der Waals surface area contributed by atoms with Crippen LogP contribution in [0.4, 0.5) is 5.82 Å². The van der Waals surface area contributed by atoms with E-state index in [1.807, 2.05) is 12.1 Å². The number of H-pyrrole nitrogens is 1. The number of carbonyl (C=O) groups is 1. The molecule has 0 radical (unpaired) electrons. The van der Waals surface area contributed by atoms with Gasteiger partial charge in [-0.25, -0.2) is 4.79 Å². The minimum atomic E-state index is -0.250. The molecule has 0 unspecified atom stereocenters. The first kappa shape index (κ1) is 27.6. The topological polar surface area (TPSA) is 132 Å². The zero-order chi connectivity index (χ0) is 27.1. The average molecular weight is 526 g/mol. The molecule has 1 saturated heterocycles. The van der Waals surface area contributed by atoms with Gasteiger partial charge in [-0.05, 0) is 44.0 Å². The van der Waals surface area contributed by atoms with Crippen LogP contribution in [0.25, 0.3) is 11.2 Å². The van der Waals surface area contributed by atoms with E-state index in [1.54, 1.807) is 4.57 Å². The van der Waals surface area contributed by atoms with Crippen LogP contribution < -0.4 is 16.2 Å². The highest BCUT2D eigenvalue weighted by molar-refractivity contribution is 5.81. The fourth-order valence-corrected chi connectivity index (χ4v) is 4.88. The van der Waals surface area contributed by atoms with Crippen molar-refractivity contribution in [1.82, 2.24) is 29.3 Å². The van der Waals surface area contributed by atoms with Crippen molar-refractivity contribution in [3.63, 3.8) is 0 Å². The molecular weight excluding hydrogens is 486 g/mol. The van der Waals surface area contributed by atoms with E-state index < -0.39 is 0 Å². The standard InChI is InChI=1S/C27H39N7O4/c1-4-5-15-38-26-30-24(28)23-25(31-26)34(27(36)29-23)13-6-12-33(21-11-14-32(2)18-21)17-20-9-7-19(8-10-20)16-22(35)37-3/h7-10,21H,4-6,11-18H2,1-3H3,(H,29,36)(H2,28,30,31)/t21-/m0/s1. The van der Waals surface area contributed by atoms with Gasteiger partial charge in [-0.3, -0.25) is 14.3 Å². The van der Waals surface area contributed by atoms with Crippen molar-refractivity contribution in [2.75, 3.05) is 46.1 Å². The Morgan fingerprint density at radius 2 is 1.97 bits per heavy atom. The van der Waals surface area contributed by atoms with Gasteiger partial charge in [-0.1, -0.05) is 37.6 Å². The predicted octanol–water partition coefficient (Wildman–Crippen LogP) is 2.19. The van der Waals surface area contributed by atoms with Crippen LogP contribution in [0.2, 0.25) is 0 Å². The van der Waals surface area contributed by atoms with Crippen LogP contribution in [0.5, 0.6) is 6.01 Å². The molecule has 11 nitrogen and oxygen atoms in total. The van der Waals surface area contributed by atoms with Gasteiger partial charge in [0.05, 0.1) is 20.1 Å². The quantitative estimate of drug-likeness (QED) is 0.255. The highest BCUT2D eigenvalue weighted by Gasteiger charge is 2.26. The Balaban J connectivity index is 1.45. The molecule has 3 aromatic rings. The predicted molar refractivity (Wildman–Crippen MR) is 146 cm³/mol. The number of fused-ring (bicyclic) bond motifs is 1. The summed E-state index contributed by atoms with van der Waals surface area (Å²) < 4.78 is 12.0. The number of ether oxygens (including phenoxy) is 2. The van der Waals surface area contributed by atoms with Crippen LogP contribution in [0.1, 0.15) is 43.7 Å². The summed E-state index contributed by atoms with van der Waals surface area (Å²) in [6.45, 7) is 6.78. The molecule has 0 spiro atoms. The summed E-state index contributed by atoms with van der Waals surface area (Å²) in [6.07, 6.45) is 4.03. The SMILES string of the molecule is CCCCOc1nc(N)c2[nH]c(=O)n(CCCN(Cc3ccc(CC(=O)OC)cc3)[C@H]3CCN(C)C3)c2n1. The summed E-state index contributed by atoms with van der Waals surface area (Å²) in [6, 6.07) is 8.76. The lowest BCUT2D eigenvalue weighted by Gasteiger charge is -2.29. The lowest BCUT2D eigenvalue weighted by molar-refractivity contribution is -0.139. The number of anilines is 1. The molecule has 1 aliphatic rings. The number of aromatic nitrogens is 4. The van der Waals surface area contributed by atoms with Gasteiger partial charge < -0.3 is 25.1 Å². The summed E-state index contributed by atoms with van der Waals surface area (Å²) in [5.74, 6) is -0.0313. The molecular formula is C27H39N7O4. The molecule has 4 rings (SSSR count). The summed E-state index contributed by atoms with van der Waals surface area (Å²) in [7, 11) is 3.55. The summed E-state index contributed by atoms with van der Waals surface area (Å²) >= 11 is 0. The Morgan fingerprint density at radius 1 is 1.21 bits per heavy atom. The van der Waals surface area contributed by atoms with Crippen LogP contribution >= 0.6 is 0 Å². The van der Waals surface area contributed by atoms with Crippen LogP contribution in [-0.4, -0.2) is 81.7 Å². The molecule has 1 fully saturated rings. The van der Waals surface area contributed by atoms with E-state index in [0.717, 1.165) is 57.4 Å². The Bertz CT molecular complexity index is 1270. The minimum Gasteiger partial charge on any atom is -0.469 e. The number of aromatic amines is 1. The number of likely N-dealkylation sites (N-methyl/N-ethyl adjacent to an activating group) is 1. The minimum absolute atomic E-state index is 0.197. The second-order valence-corrected chi connectivity index (χ2v) is 9.97. The number of unbranched alkanes of at least 4 members (excludes halogenated alkanes) is 1. The van der Waals surface area contributed by atoms with Crippen molar-refractivity contribution in [1.29, 1.82) is 0 Å². The van der Waals surface area contributed by atoms with E-state index in [2.05, 4.69) is 50.9 Å². The second-order valence-electron chi connectivity index (χ2n) is 9.97. The van der Waals surface area contributed by atoms with Crippen molar-refractivity contribution >= 4 is 23.0 Å². The number of likely N-dealkylation sites (tertiary alicyclic amines) is 1. The van der Waals surface area contributed by atoms with Gasteiger partial charge in [-0.2, -0.15) is 9.97 Å². The fraction of sp³-hybridized carbons (Fsp3) is 0.556. The number of nitrogens with zero attached hydrogens (tertiary/aromatic N) is 5. The van der Waals surface area contributed by atoms with E-state index in [0.29, 0.717) is 30.4 Å². The summed E-state index contributed by atoms with van der Waals surface area (Å²) in [5.41, 5.74) is 8.88. The van der Waals surface area contributed by atoms with Crippen molar-refractivity contribution in [3.8, 4) is 6.01 Å². The van der Waals surface area contributed by atoms with Gasteiger partial charge in [0.2, 0.25) is 0 Å². The molecule has 1 aromatic carbocycles. The maximum absolute atomic E-state index is 12.7. The Kier molecular flexibility index (Phi) is 9.35. The molecule has 2 aromatic heterocycles. The number of methoxy groups -OCH3 is 1. The third-order valence-electron chi connectivity index (χ3n) is 7.05. The molecule has 0 saturated carbocycles. The first-order valence-electron chi connectivity index (χ1n) is 13.3. The van der Waals surface area contributed by atoms with Gasteiger partial charge in [-0.15, -0.1) is 0 Å². The molecule has 38 heavy (non-hydrogen) atoms. The number of rotatable bonds is 13. The molecule has 0 aliphatic carbocycles. The zero-order valence-corrected chi connectivity index (χ0v) is 22.6. The Hall–Kier alpha value is -3.44. The fourth-order valence-electron chi connectivity index (χ4n) is 4.88. The number of carbonyl (C=O) groups excluding carboxylic acids is 1. The monoisotopic (exact) mass is 525 g/mol. The number of nitrogens with two attached hydrogens (primary N) is 1. The van der Waals surface area contributed by atoms with Gasteiger partial charge in [0.1, 0.15) is 5.52 Å². The van der Waals surface area contributed by atoms with Crippen molar-refractivity contribution in [2.45, 2.75) is 58.2 Å². The van der Waals surface area contributed by atoms with Crippen LogP contribution in [0.3, 0.4) is 0 Å². The van der Waals surface area contributed by atoms with Crippen molar-refractivity contribution < 1.29 is 14.3 Å². The first-order valence-corrected chi connectivity index (χ1v) is 13.3. The molecule has 3 heterocycles. The van der Waals surface area contributed by atoms with Gasteiger partial charge in [0.15, 0.2) is 11.5 Å².